The van der Waals surface area contributed by atoms with E-state index in [9.17, 15) is 13.2 Å². The van der Waals surface area contributed by atoms with Gasteiger partial charge in [-0.15, -0.1) is 13.2 Å². The van der Waals surface area contributed by atoms with E-state index in [2.05, 4.69) is 25.7 Å². The van der Waals surface area contributed by atoms with Gasteiger partial charge < -0.3 is 4.74 Å². The van der Waals surface area contributed by atoms with Gasteiger partial charge in [0.15, 0.2) is 0 Å². The Morgan fingerprint density at radius 1 is 1.53 bits per heavy atom. The molecule has 0 bridgehead atoms. The summed E-state index contributed by atoms with van der Waals surface area (Å²) < 4.78 is 40.8. The molecule has 1 rings (SSSR count). The first-order chi connectivity index (χ1) is 7.87. The molecule has 0 unspecified atom stereocenters. The Morgan fingerprint density at radius 2 is 2.18 bits per heavy atom. The van der Waals surface area contributed by atoms with Gasteiger partial charge in [-0.2, -0.15) is 5.26 Å². The van der Waals surface area contributed by atoms with Crippen LogP contribution in [-0.4, -0.2) is 11.3 Å². The van der Waals surface area contributed by atoms with Crippen molar-refractivity contribution < 1.29 is 17.9 Å². The van der Waals surface area contributed by atoms with Gasteiger partial charge in [-0.1, -0.05) is 15.9 Å². The molecule has 1 heterocycles. The third kappa shape index (κ3) is 4.31. The van der Waals surface area contributed by atoms with Gasteiger partial charge in [0.2, 0.25) is 0 Å². The summed E-state index contributed by atoms with van der Waals surface area (Å²) in [7, 11) is 0. The number of alkyl halides is 4. The molecule has 1 aromatic heterocycles. The van der Waals surface area contributed by atoms with Crippen LogP contribution in [0.15, 0.2) is 6.07 Å². The summed E-state index contributed by atoms with van der Waals surface area (Å²) in [6, 6.07) is 2.95. The summed E-state index contributed by atoms with van der Waals surface area (Å²) in [5, 5.41) is 8.86. The fourth-order valence-electron chi connectivity index (χ4n) is 1.16. The quantitative estimate of drug-likeness (QED) is 0.427. The van der Waals surface area contributed by atoms with Crippen LogP contribution in [0, 0.1) is 15.0 Å². The second-order valence-electron chi connectivity index (χ2n) is 2.88. The average molecular weight is 421 g/mol. The van der Waals surface area contributed by atoms with Crippen LogP contribution in [0.5, 0.6) is 5.75 Å². The molecule has 92 valence electrons. The maximum atomic E-state index is 12.2. The van der Waals surface area contributed by atoms with Crippen molar-refractivity contribution in [2.45, 2.75) is 18.1 Å². The van der Waals surface area contributed by atoms with Crippen LogP contribution in [-0.2, 0) is 11.8 Å². The van der Waals surface area contributed by atoms with Crippen molar-refractivity contribution in [2.24, 2.45) is 0 Å². The summed E-state index contributed by atoms with van der Waals surface area (Å²) in [6.45, 7) is 0. The highest BCUT2D eigenvalue weighted by Gasteiger charge is 2.32. The maximum absolute atomic E-state index is 12.2. The van der Waals surface area contributed by atoms with Crippen LogP contribution < -0.4 is 4.74 Å². The van der Waals surface area contributed by atoms with Gasteiger partial charge in [0, 0.05) is 17.0 Å². The van der Waals surface area contributed by atoms with E-state index in [1.165, 1.54) is 0 Å². The summed E-state index contributed by atoms with van der Waals surface area (Å²) in [5.41, 5.74) is 0.528. The third-order valence-electron chi connectivity index (χ3n) is 1.75. The molecule has 0 saturated heterocycles. The molecule has 0 radical (unpaired) electrons. The van der Waals surface area contributed by atoms with Gasteiger partial charge in [-0.3, -0.25) is 0 Å². The van der Waals surface area contributed by atoms with E-state index in [0.717, 1.165) is 6.07 Å². The number of nitriles is 1. The van der Waals surface area contributed by atoms with Gasteiger partial charge in [0.1, 0.15) is 9.45 Å². The molecule has 0 fully saturated rings. The summed E-state index contributed by atoms with van der Waals surface area (Å²) in [6.07, 6.45) is -4.96. The molecule has 17 heavy (non-hydrogen) atoms. The summed E-state index contributed by atoms with van der Waals surface area (Å²) in [4.78, 5) is 4.04. The molecule has 0 aromatic carbocycles. The lowest BCUT2D eigenvalue weighted by Gasteiger charge is -2.14. The molecule has 0 aliphatic heterocycles. The van der Waals surface area contributed by atoms with Gasteiger partial charge in [0.25, 0.3) is 0 Å². The average Bonchev–Trinajstić information content (AvgIpc) is 2.19. The van der Waals surface area contributed by atoms with Crippen molar-refractivity contribution in [2.75, 3.05) is 0 Å². The number of hydrogen-bond donors (Lipinski definition) is 0. The van der Waals surface area contributed by atoms with Crippen molar-refractivity contribution in [3.63, 3.8) is 0 Å². The van der Waals surface area contributed by atoms with Crippen LogP contribution in [0.2, 0.25) is 0 Å². The highest BCUT2D eigenvalue weighted by molar-refractivity contribution is 14.1. The largest absolute Gasteiger partial charge is 0.573 e. The van der Waals surface area contributed by atoms with E-state index < -0.39 is 6.36 Å². The molecule has 1 aromatic rings. The molecule has 0 aliphatic carbocycles. The van der Waals surface area contributed by atoms with Crippen LogP contribution >= 0.6 is 38.5 Å². The first-order valence-electron chi connectivity index (χ1n) is 4.24. The standard InChI is InChI=1S/C9H5BrF3IN2O/c10-4-6-5(1-2-15)7(3-8(14)16-6)17-9(11,12)13/h3H,1,4H2. The fraction of sp³-hybridized carbons (Fsp3) is 0.333. The molecule has 0 saturated carbocycles. The second-order valence-corrected chi connectivity index (χ2v) is 4.55. The Kier molecular flexibility index (Phi) is 5.00. The first-order valence-corrected chi connectivity index (χ1v) is 6.44. The number of hydrogen-bond acceptors (Lipinski definition) is 3. The SMILES string of the molecule is N#CCc1c(OC(F)(F)F)cc(I)nc1CBr. The number of rotatable bonds is 3. The van der Waals surface area contributed by atoms with Crippen molar-refractivity contribution in [1.29, 1.82) is 5.26 Å². The Labute approximate surface area is 117 Å². The number of aromatic nitrogens is 1. The zero-order valence-electron chi connectivity index (χ0n) is 8.18. The van der Waals surface area contributed by atoms with Crippen molar-refractivity contribution in [3.8, 4) is 11.8 Å². The van der Waals surface area contributed by atoms with E-state index >= 15 is 0 Å². The minimum Gasteiger partial charge on any atom is -0.405 e. The second kappa shape index (κ2) is 5.86. The predicted octanol–water partition coefficient (Wildman–Crippen LogP) is 3.55. The Balaban J connectivity index is 3.26. The lowest BCUT2D eigenvalue weighted by atomic mass is 10.1. The highest BCUT2D eigenvalue weighted by atomic mass is 127. The fourth-order valence-corrected chi connectivity index (χ4v) is 2.20. The number of halogens is 5. The molecular formula is C9H5BrF3IN2O. The van der Waals surface area contributed by atoms with E-state index in [-0.39, 0.29) is 23.1 Å². The van der Waals surface area contributed by atoms with Crippen LogP contribution in [0.25, 0.3) is 0 Å². The summed E-state index contributed by atoms with van der Waals surface area (Å²) >= 11 is 4.90. The van der Waals surface area contributed by atoms with E-state index in [1.54, 1.807) is 28.7 Å². The minimum absolute atomic E-state index is 0.155. The lowest BCUT2D eigenvalue weighted by molar-refractivity contribution is -0.274. The number of pyridine rings is 1. The van der Waals surface area contributed by atoms with Gasteiger partial charge in [-0.25, -0.2) is 4.98 Å². The van der Waals surface area contributed by atoms with Crippen molar-refractivity contribution in [1.82, 2.24) is 4.98 Å². The van der Waals surface area contributed by atoms with Gasteiger partial charge in [-0.05, 0) is 22.6 Å². The molecule has 0 atom stereocenters. The molecule has 0 amide bonds. The molecule has 0 N–H and O–H groups in total. The Hall–Kier alpha value is -0.560. The van der Waals surface area contributed by atoms with E-state index in [0.29, 0.717) is 9.39 Å². The predicted molar refractivity (Wildman–Crippen MR) is 65.6 cm³/mol. The zero-order valence-corrected chi connectivity index (χ0v) is 11.9. The summed E-state index contributed by atoms with van der Waals surface area (Å²) in [5.74, 6) is -0.368. The Bertz CT molecular complexity index is 459. The third-order valence-corrected chi connectivity index (χ3v) is 2.83. The van der Waals surface area contributed by atoms with Crippen LogP contribution in [0.3, 0.4) is 0 Å². The Morgan fingerprint density at radius 3 is 2.65 bits per heavy atom. The topological polar surface area (TPSA) is 45.9 Å². The van der Waals surface area contributed by atoms with Crippen molar-refractivity contribution >= 4 is 38.5 Å². The van der Waals surface area contributed by atoms with E-state index in [1.807, 2.05) is 0 Å². The van der Waals surface area contributed by atoms with E-state index in [4.69, 9.17) is 5.26 Å². The number of nitrogens with zero attached hydrogens (tertiary/aromatic N) is 2. The van der Waals surface area contributed by atoms with Gasteiger partial charge >= 0.3 is 6.36 Å². The lowest BCUT2D eigenvalue weighted by Crippen LogP contribution is -2.19. The van der Waals surface area contributed by atoms with Crippen LogP contribution in [0.4, 0.5) is 13.2 Å². The monoisotopic (exact) mass is 420 g/mol. The highest BCUT2D eigenvalue weighted by Crippen LogP contribution is 2.30. The zero-order chi connectivity index (χ0) is 13.1. The molecule has 8 heteroatoms. The normalized spacial score (nSPS) is 11.1. The molecule has 0 aliphatic rings. The smallest absolute Gasteiger partial charge is 0.405 e. The maximum Gasteiger partial charge on any atom is 0.573 e. The number of ether oxygens (including phenoxy) is 1. The van der Waals surface area contributed by atoms with Gasteiger partial charge in [0.05, 0.1) is 18.2 Å². The minimum atomic E-state index is -4.78. The van der Waals surface area contributed by atoms with Crippen LogP contribution in [0.1, 0.15) is 11.3 Å². The first kappa shape index (κ1) is 14.5. The molecular weight excluding hydrogens is 416 g/mol. The molecule has 3 nitrogen and oxygen atoms in total. The molecule has 0 spiro atoms. The van der Waals surface area contributed by atoms with Crippen molar-refractivity contribution in [3.05, 3.63) is 21.0 Å².